The maximum Gasteiger partial charge on any atom is 0.120 e. The first-order valence-corrected chi connectivity index (χ1v) is 7.09. The lowest BCUT2D eigenvalue weighted by molar-refractivity contribution is 0.230. The second-order valence-corrected chi connectivity index (χ2v) is 5.48. The molecule has 1 heterocycles. The van der Waals surface area contributed by atoms with Crippen LogP contribution in [0, 0.1) is 0 Å². The maximum absolute atomic E-state index is 10.2. The minimum Gasteiger partial charge on any atom is -0.508 e. The van der Waals surface area contributed by atoms with E-state index in [4.69, 9.17) is 0 Å². The van der Waals surface area contributed by atoms with Crippen molar-refractivity contribution in [2.75, 3.05) is 26.2 Å². The Morgan fingerprint density at radius 3 is 2.44 bits per heavy atom. The van der Waals surface area contributed by atoms with Crippen LogP contribution in [0.1, 0.15) is 29.5 Å². The van der Waals surface area contributed by atoms with Crippen LogP contribution in [0.5, 0.6) is 5.75 Å². The summed E-state index contributed by atoms with van der Waals surface area (Å²) in [5, 5.41) is 13.5. The van der Waals surface area contributed by atoms with Crippen LogP contribution in [0.3, 0.4) is 0 Å². The number of nitrogens with one attached hydrogen (secondary N) is 1. The summed E-state index contributed by atoms with van der Waals surface area (Å²) >= 11 is 0. The van der Waals surface area contributed by atoms with Crippen molar-refractivity contribution in [1.29, 1.82) is 0 Å². The molecule has 18 heavy (non-hydrogen) atoms. The number of piperazine rings is 1. The third-order valence-electron chi connectivity index (χ3n) is 4.15. The van der Waals surface area contributed by atoms with E-state index in [0.717, 1.165) is 44.7 Å². The topological polar surface area (TPSA) is 35.5 Å². The Bertz CT molecular complexity index is 425. The fourth-order valence-corrected chi connectivity index (χ4v) is 3.06. The number of hydrogen-bond acceptors (Lipinski definition) is 3. The summed E-state index contributed by atoms with van der Waals surface area (Å²) in [6.45, 7) is 5.17. The van der Waals surface area contributed by atoms with Crippen LogP contribution in [0.15, 0.2) is 12.1 Å². The Labute approximate surface area is 109 Å². The average Bonchev–Trinajstić information content (AvgIpc) is 2.41. The zero-order valence-electron chi connectivity index (χ0n) is 10.9. The number of nitrogens with zero attached hydrogens (tertiary/aromatic N) is 1. The molecular weight excluding hydrogens is 224 g/mol. The van der Waals surface area contributed by atoms with Crippen LogP contribution in [-0.2, 0) is 19.4 Å². The minimum absolute atomic E-state index is 0.495. The molecule has 0 spiro atoms. The van der Waals surface area contributed by atoms with E-state index in [1.807, 2.05) is 6.07 Å². The number of aromatic hydroxyl groups is 1. The molecule has 98 valence electrons. The van der Waals surface area contributed by atoms with Crippen molar-refractivity contribution in [3.63, 3.8) is 0 Å². The van der Waals surface area contributed by atoms with E-state index in [0.29, 0.717) is 5.75 Å². The van der Waals surface area contributed by atoms with Crippen molar-refractivity contribution in [2.24, 2.45) is 0 Å². The molecule has 1 aromatic rings. The van der Waals surface area contributed by atoms with Gasteiger partial charge in [-0.25, -0.2) is 0 Å². The van der Waals surface area contributed by atoms with Gasteiger partial charge in [0.1, 0.15) is 5.75 Å². The summed E-state index contributed by atoms with van der Waals surface area (Å²) < 4.78 is 0. The molecule has 3 rings (SSSR count). The summed E-state index contributed by atoms with van der Waals surface area (Å²) in [7, 11) is 0. The number of aryl methyl sites for hydroxylation is 2. The van der Waals surface area contributed by atoms with E-state index in [2.05, 4.69) is 16.3 Å². The van der Waals surface area contributed by atoms with Crippen molar-refractivity contribution < 1.29 is 5.11 Å². The normalized spacial score (nSPS) is 20.7. The molecule has 0 amide bonds. The van der Waals surface area contributed by atoms with Gasteiger partial charge in [-0.3, -0.25) is 4.90 Å². The van der Waals surface area contributed by atoms with E-state index in [9.17, 15) is 5.11 Å². The highest BCUT2D eigenvalue weighted by atomic mass is 16.3. The van der Waals surface area contributed by atoms with Gasteiger partial charge in [-0.1, -0.05) is 6.07 Å². The zero-order valence-corrected chi connectivity index (χ0v) is 10.9. The molecule has 1 aliphatic carbocycles. The lowest BCUT2D eigenvalue weighted by Gasteiger charge is -2.28. The molecule has 0 saturated carbocycles. The van der Waals surface area contributed by atoms with Gasteiger partial charge >= 0.3 is 0 Å². The van der Waals surface area contributed by atoms with E-state index in [1.54, 1.807) is 0 Å². The van der Waals surface area contributed by atoms with E-state index in [1.165, 1.54) is 30.4 Å². The largest absolute Gasteiger partial charge is 0.508 e. The number of rotatable bonds is 2. The average molecular weight is 246 g/mol. The molecule has 0 aromatic heterocycles. The lowest BCUT2D eigenvalue weighted by atomic mass is 9.90. The SMILES string of the molecule is Oc1cc2c(cc1CN1CCNCC1)CCCC2. The van der Waals surface area contributed by atoms with Crippen molar-refractivity contribution in [3.05, 3.63) is 28.8 Å². The summed E-state index contributed by atoms with van der Waals surface area (Å²) in [5.41, 5.74) is 3.93. The molecular formula is C15H22N2O. The van der Waals surface area contributed by atoms with Crippen LogP contribution in [0.2, 0.25) is 0 Å². The van der Waals surface area contributed by atoms with Gasteiger partial charge in [0, 0.05) is 38.3 Å². The first kappa shape index (κ1) is 12.0. The van der Waals surface area contributed by atoms with Crippen LogP contribution in [0.4, 0.5) is 0 Å². The van der Waals surface area contributed by atoms with Crippen LogP contribution in [-0.4, -0.2) is 36.2 Å². The van der Waals surface area contributed by atoms with E-state index < -0.39 is 0 Å². The lowest BCUT2D eigenvalue weighted by Crippen LogP contribution is -2.42. The number of hydrogen-bond donors (Lipinski definition) is 2. The fourth-order valence-electron chi connectivity index (χ4n) is 3.06. The smallest absolute Gasteiger partial charge is 0.120 e. The Kier molecular flexibility index (Phi) is 3.52. The van der Waals surface area contributed by atoms with Crippen LogP contribution in [0.25, 0.3) is 0 Å². The standard InChI is InChI=1S/C15H22N2O/c18-15-10-13-4-2-1-3-12(13)9-14(15)11-17-7-5-16-6-8-17/h9-10,16,18H,1-8,11H2. The Morgan fingerprint density at radius 2 is 1.72 bits per heavy atom. The number of benzene rings is 1. The fraction of sp³-hybridized carbons (Fsp3) is 0.600. The second-order valence-electron chi connectivity index (χ2n) is 5.48. The molecule has 2 aliphatic rings. The van der Waals surface area contributed by atoms with Gasteiger partial charge in [0.2, 0.25) is 0 Å². The highest BCUT2D eigenvalue weighted by Crippen LogP contribution is 2.29. The van der Waals surface area contributed by atoms with Crippen LogP contribution < -0.4 is 5.32 Å². The molecule has 1 saturated heterocycles. The number of fused-ring (bicyclic) bond motifs is 1. The third-order valence-corrected chi connectivity index (χ3v) is 4.15. The third kappa shape index (κ3) is 2.52. The van der Waals surface area contributed by atoms with Gasteiger partial charge < -0.3 is 10.4 Å². The minimum atomic E-state index is 0.495. The molecule has 3 nitrogen and oxygen atoms in total. The highest BCUT2D eigenvalue weighted by molar-refractivity contribution is 5.43. The monoisotopic (exact) mass is 246 g/mol. The molecule has 0 radical (unpaired) electrons. The molecule has 1 fully saturated rings. The molecule has 0 bridgehead atoms. The molecule has 2 N–H and O–H groups in total. The Morgan fingerprint density at radius 1 is 1.06 bits per heavy atom. The predicted molar refractivity (Wildman–Crippen MR) is 72.9 cm³/mol. The van der Waals surface area contributed by atoms with Gasteiger partial charge in [0.05, 0.1) is 0 Å². The van der Waals surface area contributed by atoms with Crippen molar-refractivity contribution in [2.45, 2.75) is 32.2 Å². The summed E-state index contributed by atoms with van der Waals surface area (Å²) in [5.74, 6) is 0.495. The zero-order chi connectivity index (χ0) is 12.4. The summed E-state index contributed by atoms with van der Waals surface area (Å²) in [4.78, 5) is 2.42. The Balaban J connectivity index is 1.78. The predicted octanol–water partition coefficient (Wildman–Crippen LogP) is 1.68. The summed E-state index contributed by atoms with van der Waals surface area (Å²) in [6, 6.07) is 4.25. The van der Waals surface area contributed by atoms with Gasteiger partial charge in [-0.05, 0) is 42.9 Å². The first-order valence-electron chi connectivity index (χ1n) is 7.09. The quantitative estimate of drug-likeness (QED) is 0.833. The number of phenolic OH excluding ortho intramolecular Hbond substituents is 1. The van der Waals surface area contributed by atoms with Crippen molar-refractivity contribution in [1.82, 2.24) is 10.2 Å². The Hall–Kier alpha value is -1.06. The molecule has 1 aromatic carbocycles. The van der Waals surface area contributed by atoms with E-state index in [-0.39, 0.29) is 0 Å². The first-order chi connectivity index (χ1) is 8.83. The molecule has 1 aliphatic heterocycles. The molecule has 3 heteroatoms. The number of phenols is 1. The van der Waals surface area contributed by atoms with Gasteiger partial charge in [-0.15, -0.1) is 0 Å². The van der Waals surface area contributed by atoms with E-state index >= 15 is 0 Å². The highest BCUT2D eigenvalue weighted by Gasteiger charge is 2.16. The maximum atomic E-state index is 10.2. The van der Waals surface area contributed by atoms with Gasteiger partial charge in [-0.2, -0.15) is 0 Å². The van der Waals surface area contributed by atoms with Crippen LogP contribution >= 0.6 is 0 Å². The van der Waals surface area contributed by atoms with Crippen molar-refractivity contribution in [3.8, 4) is 5.75 Å². The summed E-state index contributed by atoms with van der Waals surface area (Å²) in [6.07, 6.45) is 4.88. The molecule has 0 unspecified atom stereocenters. The molecule has 0 atom stereocenters. The van der Waals surface area contributed by atoms with Crippen molar-refractivity contribution >= 4 is 0 Å². The van der Waals surface area contributed by atoms with Gasteiger partial charge in [0.25, 0.3) is 0 Å². The van der Waals surface area contributed by atoms with Gasteiger partial charge in [0.15, 0.2) is 0 Å². The second kappa shape index (κ2) is 5.29.